The van der Waals surface area contributed by atoms with Crippen molar-refractivity contribution in [3.8, 4) is 11.3 Å². The summed E-state index contributed by atoms with van der Waals surface area (Å²) in [6.45, 7) is 1.48. The molecule has 1 fully saturated rings. The summed E-state index contributed by atoms with van der Waals surface area (Å²) in [6.07, 6.45) is 6.55. The molecule has 4 N–H and O–H groups in total. The number of nitrogens with zero attached hydrogens (tertiary/aromatic N) is 1. The van der Waals surface area contributed by atoms with E-state index in [0.717, 1.165) is 73.3 Å². The molecule has 0 radical (unpaired) electrons. The van der Waals surface area contributed by atoms with Gasteiger partial charge in [0.1, 0.15) is 0 Å². The molecule has 170 valence electrons. The minimum absolute atomic E-state index is 0.0353. The number of nitrogens with two attached hydrogens (primary N) is 1. The number of hydrogen-bond acceptors (Lipinski definition) is 3. The minimum Gasteiger partial charge on any atom is -0.360 e. The summed E-state index contributed by atoms with van der Waals surface area (Å²) in [7, 11) is 0. The van der Waals surface area contributed by atoms with Gasteiger partial charge in [-0.25, -0.2) is 4.98 Å². The van der Waals surface area contributed by atoms with E-state index in [0.29, 0.717) is 23.9 Å². The van der Waals surface area contributed by atoms with Crippen LogP contribution >= 0.6 is 38.5 Å². The van der Waals surface area contributed by atoms with Crippen LogP contribution in [0.25, 0.3) is 33.1 Å². The second-order valence-electron chi connectivity index (χ2n) is 8.94. The second kappa shape index (κ2) is 9.72. The van der Waals surface area contributed by atoms with Crippen molar-refractivity contribution in [3.63, 3.8) is 0 Å². The van der Waals surface area contributed by atoms with Crippen molar-refractivity contribution < 1.29 is 4.79 Å². The molecule has 0 unspecified atom stereocenters. The van der Waals surface area contributed by atoms with Crippen LogP contribution < -0.4 is 11.1 Å². The Bertz CT molecular complexity index is 1330. The van der Waals surface area contributed by atoms with Crippen LogP contribution in [0.1, 0.15) is 36.0 Å². The third-order valence-electron chi connectivity index (χ3n) is 6.79. The SMILES string of the molecule is NCC1CCC(CNC(=O)c2cc(-c3c[nH]c4ccc(Br)cc34)nc3cc(I)ccc23)CC1. The second-order valence-corrected chi connectivity index (χ2v) is 11.1. The summed E-state index contributed by atoms with van der Waals surface area (Å²) < 4.78 is 2.10. The highest BCUT2D eigenvalue weighted by Gasteiger charge is 2.22. The smallest absolute Gasteiger partial charge is 0.252 e. The zero-order valence-electron chi connectivity index (χ0n) is 18.2. The number of carbonyl (C=O) groups excluding carboxylic acids is 1. The van der Waals surface area contributed by atoms with Crippen molar-refractivity contribution >= 4 is 66.2 Å². The number of halogens is 2. The van der Waals surface area contributed by atoms with Crippen LogP contribution in [-0.2, 0) is 0 Å². The molecular weight excluding hydrogens is 591 g/mol. The first kappa shape index (κ1) is 22.8. The fourth-order valence-corrected chi connectivity index (χ4v) is 5.67. The molecule has 0 aliphatic heterocycles. The Balaban J connectivity index is 1.48. The van der Waals surface area contributed by atoms with E-state index in [4.69, 9.17) is 10.7 Å². The molecule has 2 aromatic carbocycles. The van der Waals surface area contributed by atoms with Gasteiger partial charge in [-0.15, -0.1) is 0 Å². The summed E-state index contributed by atoms with van der Waals surface area (Å²) in [6, 6.07) is 14.1. The topological polar surface area (TPSA) is 83.8 Å². The summed E-state index contributed by atoms with van der Waals surface area (Å²) in [5.41, 5.74) is 10.1. The van der Waals surface area contributed by atoms with Gasteiger partial charge < -0.3 is 16.0 Å². The van der Waals surface area contributed by atoms with Gasteiger partial charge in [0.15, 0.2) is 0 Å². The van der Waals surface area contributed by atoms with Crippen LogP contribution in [0.2, 0.25) is 0 Å². The fraction of sp³-hybridized carbons (Fsp3) is 0.308. The molecule has 2 heterocycles. The highest BCUT2D eigenvalue weighted by molar-refractivity contribution is 14.1. The molecular formula is C26H26BrIN4O. The third kappa shape index (κ3) is 4.81. The fourth-order valence-electron chi connectivity index (χ4n) is 4.84. The monoisotopic (exact) mass is 616 g/mol. The summed E-state index contributed by atoms with van der Waals surface area (Å²) in [5, 5.41) is 5.17. The van der Waals surface area contributed by atoms with Crippen LogP contribution in [0.3, 0.4) is 0 Å². The maximum Gasteiger partial charge on any atom is 0.252 e. The Morgan fingerprint density at radius 3 is 2.67 bits per heavy atom. The largest absolute Gasteiger partial charge is 0.360 e. The molecule has 0 atom stereocenters. The third-order valence-corrected chi connectivity index (χ3v) is 7.95. The zero-order valence-corrected chi connectivity index (χ0v) is 21.9. The maximum absolute atomic E-state index is 13.4. The molecule has 4 aromatic rings. The van der Waals surface area contributed by atoms with Gasteiger partial charge in [0.25, 0.3) is 5.91 Å². The van der Waals surface area contributed by atoms with E-state index in [9.17, 15) is 4.79 Å². The summed E-state index contributed by atoms with van der Waals surface area (Å²) in [4.78, 5) is 21.6. The number of aromatic amines is 1. The molecule has 0 bridgehead atoms. The number of H-pyrrole nitrogens is 1. The molecule has 1 aliphatic carbocycles. The standard InChI is InChI=1S/C26H26BrIN4O/c27-17-5-8-23-20(9-17)22(14-30-23)25-11-21(19-7-6-18(28)10-24(19)32-25)26(33)31-13-16-3-1-15(12-29)2-4-16/h5-11,14-16,30H,1-4,12-13,29H2,(H,31,33). The normalized spacial score (nSPS) is 18.6. The minimum atomic E-state index is -0.0353. The van der Waals surface area contributed by atoms with E-state index in [1.54, 1.807) is 0 Å². The molecule has 33 heavy (non-hydrogen) atoms. The quantitative estimate of drug-likeness (QED) is 0.232. The van der Waals surface area contributed by atoms with Crippen LogP contribution in [0, 0.1) is 15.4 Å². The molecule has 5 nitrogen and oxygen atoms in total. The van der Waals surface area contributed by atoms with E-state index in [2.05, 4.69) is 54.9 Å². The van der Waals surface area contributed by atoms with Crippen molar-refractivity contribution in [2.75, 3.05) is 13.1 Å². The van der Waals surface area contributed by atoms with E-state index < -0.39 is 0 Å². The van der Waals surface area contributed by atoms with E-state index in [1.807, 2.05) is 42.6 Å². The van der Waals surface area contributed by atoms with Gasteiger partial charge >= 0.3 is 0 Å². The first-order valence-electron chi connectivity index (χ1n) is 11.4. The van der Waals surface area contributed by atoms with Crippen LogP contribution in [0.15, 0.2) is 53.1 Å². The lowest BCUT2D eigenvalue weighted by atomic mass is 9.82. The maximum atomic E-state index is 13.4. The lowest BCUT2D eigenvalue weighted by molar-refractivity contribution is 0.0943. The molecule has 0 saturated heterocycles. The first-order chi connectivity index (χ1) is 16.0. The van der Waals surface area contributed by atoms with Gasteiger partial charge in [0, 0.05) is 42.6 Å². The number of hydrogen-bond donors (Lipinski definition) is 3. The van der Waals surface area contributed by atoms with Gasteiger partial charge in [0.2, 0.25) is 0 Å². The predicted octanol–water partition coefficient (Wildman–Crippen LogP) is 6.25. The van der Waals surface area contributed by atoms with Gasteiger partial charge in [-0.05, 0) is 103 Å². The van der Waals surface area contributed by atoms with Crippen molar-refractivity contribution in [2.45, 2.75) is 25.7 Å². The van der Waals surface area contributed by atoms with Gasteiger partial charge in [0.05, 0.1) is 16.8 Å². The molecule has 0 spiro atoms. The van der Waals surface area contributed by atoms with Crippen molar-refractivity contribution in [1.82, 2.24) is 15.3 Å². The van der Waals surface area contributed by atoms with E-state index >= 15 is 0 Å². The number of aromatic nitrogens is 2. The Labute approximate surface area is 215 Å². The van der Waals surface area contributed by atoms with E-state index in [1.165, 1.54) is 0 Å². The van der Waals surface area contributed by atoms with Crippen LogP contribution in [0.5, 0.6) is 0 Å². The number of carbonyl (C=O) groups is 1. The number of benzene rings is 2. The number of fused-ring (bicyclic) bond motifs is 2. The Kier molecular flexibility index (Phi) is 6.72. The lowest BCUT2D eigenvalue weighted by Gasteiger charge is -2.27. The number of pyridine rings is 1. The molecule has 7 heteroatoms. The predicted molar refractivity (Wildman–Crippen MR) is 146 cm³/mol. The number of rotatable bonds is 5. The highest BCUT2D eigenvalue weighted by Crippen LogP contribution is 2.33. The average Bonchev–Trinajstić information content (AvgIpc) is 3.25. The molecule has 5 rings (SSSR count). The van der Waals surface area contributed by atoms with Crippen LogP contribution in [0.4, 0.5) is 0 Å². The zero-order chi connectivity index (χ0) is 22.9. The Morgan fingerprint density at radius 1 is 1.09 bits per heavy atom. The molecule has 1 amide bonds. The summed E-state index contributed by atoms with van der Waals surface area (Å²) in [5.74, 6) is 1.13. The Morgan fingerprint density at radius 2 is 1.88 bits per heavy atom. The molecule has 1 aliphatic rings. The molecule has 2 aromatic heterocycles. The summed E-state index contributed by atoms with van der Waals surface area (Å²) >= 11 is 5.86. The van der Waals surface area contributed by atoms with Crippen molar-refractivity contribution in [2.24, 2.45) is 17.6 Å². The Hall–Kier alpha value is -1.97. The van der Waals surface area contributed by atoms with Gasteiger partial charge in [-0.3, -0.25) is 4.79 Å². The number of nitrogens with one attached hydrogen (secondary N) is 2. The average molecular weight is 617 g/mol. The van der Waals surface area contributed by atoms with Gasteiger partial charge in [-0.1, -0.05) is 22.0 Å². The van der Waals surface area contributed by atoms with Gasteiger partial charge in [-0.2, -0.15) is 0 Å². The van der Waals surface area contributed by atoms with Crippen LogP contribution in [-0.4, -0.2) is 29.0 Å². The molecule has 1 saturated carbocycles. The van der Waals surface area contributed by atoms with Crippen molar-refractivity contribution in [1.29, 1.82) is 0 Å². The highest BCUT2D eigenvalue weighted by atomic mass is 127. The lowest BCUT2D eigenvalue weighted by Crippen LogP contribution is -2.32. The van der Waals surface area contributed by atoms with E-state index in [-0.39, 0.29) is 5.91 Å². The van der Waals surface area contributed by atoms with Crippen molar-refractivity contribution in [3.05, 3.63) is 62.3 Å². The first-order valence-corrected chi connectivity index (χ1v) is 13.2. The number of amides is 1.